The van der Waals surface area contributed by atoms with Gasteiger partial charge in [-0.1, -0.05) is 0 Å². The molecule has 3 aromatic rings. The van der Waals surface area contributed by atoms with Gasteiger partial charge >= 0.3 is 6.18 Å². The van der Waals surface area contributed by atoms with Crippen molar-refractivity contribution in [2.24, 2.45) is 0 Å². The fourth-order valence-corrected chi connectivity index (χ4v) is 3.98. The zero-order chi connectivity index (χ0) is 25.5. The lowest BCUT2D eigenvalue weighted by molar-refractivity contribution is -0.142. The fraction of sp³-hybridized carbons (Fsp3) is 0.391. The van der Waals surface area contributed by atoms with E-state index in [2.05, 4.69) is 15.0 Å². The van der Waals surface area contributed by atoms with Crippen LogP contribution in [0.5, 0.6) is 5.75 Å². The minimum Gasteiger partial charge on any atom is -0.486 e. The van der Waals surface area contributed by atoms with Crippen LogP contribution in [0.3, 0.4) is 0 Å². The van der Waals surface area contributed by atoms with Crippen LogP contribution < -0.4 is 10.3 Å². The molecule has 3 heterocycles. The molecule has 1 fully saturated rings. The molecule has 1 aliphatic heterocycles. The monoisotopic (exact) mass is 494 g/mol. The molecule has 0 aliphatic carbocycles. The molecule has 0 spiro atoms. The van der Waals surface area contributed by atoms with Crippen molar-refractivity contribution in [2.75, 3.05) is 20.2 Å². The molecular formula is C23H22F4N4O4. The number of carbonyl (C=O) groups is 1. The van der Waals surface area contributed by atoms with E-state index in [0.29, 0.717) is 0 Å². The lowest BCUT2D eigenvalue weighted by atomic mass is 10.1. The smallest absolute Gasteiger partial charge is 0.433 e. The zero-order valence-corrected chi connectivity index (χ0v) is 19.0. The SMILES string of the molecule is COC1CN(C(=O)c2ccc(OC(C)c3cc4c(=O)[nH]c(C)nc4nc3C(F)(F)F)cc2)CC1F. The van der Waals surface area contributed by atoms with Gasteiger partial charge in [-0.15, -0.1) is 0 Å². The van der Waals surface area contributed by atoms with Crippen LogP contribution in [0.2, 0.25) is 0 Å². The third-order valence-corrected chi connectivity index (χ3v) is 5.75. The highest BCUT2D eigenvalue weighted by Gasteiger charge is 2.38. The summed E-state index contributed by atoms with van der Waals surface area (Å²) < 4.78 is 65.8. The molecule has 0 bridgehead atoms. The molecule has 3 atom stereocenters. The summed E-state index contributed by atoms with van der Waals surface area (Å²) in [5, 5.41) is -0.0962. The molecule has 1 aliphatic rings. The van der Waals surface area contributed by atoms with E-state index in [1.807, 2.05) is 0 Å². The van der Waals surface area contributed by atoms with Gasteiger partial charge in [0.05, 0.1) is 18.5 Å². The Labute approximate surface area is 196 Å². The molecule has 1 aromatic carbocycles. The number of nitrogens with one attached hydrogen (secondary N) is 1. The first-order valence-corrected chi connectivity index (χ1v) is 10.7. The summed E-state index contributed by atoms with van der Waals surface area (Å²) >= 11 is 0. The van der Waals surface area contributed by atoms with E-state index < -0.39 is 41.7 Å². The minimum atomic E-state index is -4.81. The highest BCUT2D eigenvalue weighted by Crippen LogP contribution is 2.36. The van der Waals surface area contributed by atoms with Crippen LogP contribution >= 0.6 is 0 Å². The molecule has 0 saturated carbocycles. The summed E-state index contributed by atoms with van der Waals surface area (Å²) in [5.74, 6) is -0.0619. The van der Waals surface area contributed by atoms with Crippen LogP contribution in [0.15, 0.2) is 35.1 Å². The summed E-state index contributed by atoms with van der Waals surface area (Å²) in [6, 6.07) is 6.82. The maximum Gasteiger partial charge on any atom is 0.433 e. The van der Waals surface area contributed by atoms with E-state index in [4.69, 9.17) is 9.47 Å². The normalized spacial score (nSPS) is 19.2. The van der Waals surface area contributed by atoms with Gasteiger partial charge in [0.15, 0.2) is 11.3 Å². The lowest BCUT2D eigenvalue weighted by Crippen LogP contribution is -2.29. The highest BCUT2D eigenvalue weighted by atomic mass is 19.4. The third-order valence-electron chi connectivity index (χ3n) is 5.75. The average molecular weight is 494 g/mol. The second-order valence-corrected chi connectivity index (χ2v) is 8.23. The molecule has 4 rings (SSSR count). The number of carbonyl (C=O) groups excluding carboxylic acids is 1. The van der Waals surface area contributed by atoms with Gasteiger partial charge in [0.1, 0.15) is 30.0 Å². The molecule has 12 heteroatoms. The molecule has 1 saturated heterocycles. The summed E-state index contributed by atoms with van der Waals surface area (Å²) in [6.07, 6.45) is -7.91. The molecule has 186 valence electrons. The average Bonchev–Trinajstić information content (AvgIpc) is 3.18. The Balaban J connectivity index is 1.58. The molecular weight excluding hydrogens is 472 g/mol. The third kappa shape index (κ3) is 4.97. The Morgan fingerprint density at radius 1 is 1.20 bits per heavy atom. The number of fused-ring (bicyclic) bond motifs is 1. The first-order valence-electron chi connectivity index (χ1n) is 10.7. The number of aromatic nitrogens is 3. The Bertz CT molecular complexity index is 1310. The number of amides is 1. The largest absolute Gasteiger partial charge is 0.486 e. The van der Waals surface area contributed by atoms with Crippen molar-refractivity contribution < 1.29 is 31.8 Å². The number of benzene rings is 1. The standard InChI is InChI=1S/C23H22F4N4O4/c1-11(15-8-16-20(28-12(2)29-21(16)32)30-19(15)23(25,26)27)35-14-6-4-13(5-7-14)22(33)31-9-17(24)18(10-31)34-3/h4-8,11,17-18H,9-10H2,1-3H3,(H,28,29,30,32). The van der Waals surface area contributed by atoms with Crippen LogP contribution in [0, 0.1) is 6.92 Å². The number of pyridine rings is 1. The number of hydrogen-bond acceptors (Lipinski definition) is 6. The van der Waals surface area contributed by atoms with Crippen molar-refractivity contribution in [2.45, 2.75) is 38.4 Å². The zero-order valence-electron chi connectivity index (χ0n) is 19.0. The topological polar surface area (TPSA) is 97.4 Å². The predicted molar refractivity (Wildman–Crippen MR) is 117 cm³/mol. The molecule has 8 nitrogen and oxygen atoms in total. The van der Waals surface area contributed by atoms with Crippen molar-refractivity contribution in [1.82, 2.24) is 19.9 Å². The lowest BCUT2D eigenvalue weighted by Gasteiger charge is -2.20. The number of likely N-dealkylation sites (tertiary alicyclic amines) is 1. The van der Waals surface area contributed by atoms with Crippen molar-refractivity contribution in [1.29, 1.82) is 0 Å². The van der Waals surface area contributed by atoms with Crippen molar-refractivity contribution in [3.05, 3.63) is 63.3 Å². The number of alkyl halides is 4. The Kier molecular flexibility index (Phi) is 6.50. The maximum atomic E-state index is 13.9. The number of hydrogen-bond donors (Lipinski definition) is 1. The number of methoxy groups -OCH3 is 1. The van der Waals surface area contributed by atoms with E-state index in [9.17, 15) is 27.2 Å². The number of aryl methyl sites for hydroxylation is 1. The van der Waals surface area contributed by atoms with Gasteiger partial charge in [-0.3, -0.25) is 9.59 Å². The first-order chi connectivity index (χ1) is 16.5. The fourth-order valence-electron chi connectivity index (χ4n) is 3.98. The summed E-state index contributed by atoms with van der Waals surface area (Å²) in [6.45, 7) is 2.87. The van der Waals surface area contributed by atoms with E-state index in [1.54, 1.807) is 0 Å². The molecule has 2 aromatic heterocycles. The van der Waals surface area contributed by atoms with Gasteiger partial charge in [0.25, 0.3) is 11.5 Å². The number of H-pyrrole nitrogens is 1. The van der Waals surface area contributed by atoms with Crippen molar-refractivity contribution >= 4 is 16.9 Å². The Morgan fingerprint density at radius 3 is 2.49 bits per heavy atom. The van der Waals surface area contributed by atoms with Crippen LogP contribution in [-0.4, -0.2) is 58.2 Å². The molecule has 35 heavy (non-hydrogen) atoms. The number of aromatic amines is 1. The number of ether oxygens (including phenoxy) is 2. The van der Waals surface area contributed by atoms with Gasteiger partial charge in [0.2, 0.25) is 0 Å². The van der Waals surface area contributed by atoms with Crippen LogP contribution in [0.4, 0.5) is 17.6 Å². The van der Waals surface area contributed by atoms with E-state index in [-0.39, 0.29) is 46.8 Å². The van der Waals surface area contributed by atoms with Gasteiger partial charge in [-0.2, -0.15) is 13.2 Å². The quantitative estimate of drug-likeness (QED) is 0.545. The second kappa shape index (κ2) is 9.25. The van der Waals surface area contributed by atoms with Crippen LogP contribution in [0.1, 0.15) is 40.5 Å². The summed E-state index contributed by atoms with van der Waals surface area (Å²) in [7, 11) is 1.38. The van der Waals surface area contributed by atoms with Crippen molar-refractivity contribution in [3.8, 4) is 5.75 Å². The van der Waals surface area contributed by atoms with Crippen molar-refractivity contribution in [3.63, 3.8) is 0 Å². The molecule has 0 radical (unpaired) electrons. The van der Waals surface area contributed by atoms with Crippen LogP contribution in [-0.2, 0) is 10.9 Å². The van der Waals surface area contributed by atoms with E-state index in [1.165, 1.54) is 50.1 Å². The highest BCUT2D eigenvalue weighted by molar-refractivity contribution is 5.94. The first kappa shape index (κ1) is 24.6. The molecule has 3 unspecified atom stereocenters. The van der Waals surface area contributed by atoms with Gasteiger partial charge in [-0.25, -0.2) is 14.4 Å². The molecule has 1 N–H and O–H groups in total. The summed E-state index contributed by atoms with van der Waals surface area (Å²) in [4.78, 5) is 36.1. The van der Waals surface area contributed by atoms with Gasteiger partial charge < -0.3 is 19.4 Å². The van der Waals surface area contributed by atoms with Crippen LogP contribution in [0.25, 0.3) is 11.0 Å². The Hall–Kier alpha value is -3.54. The Morgan fingerprint density at radius 2 is 1.89 bits per heavy atom. The molecule has 1 amide bonds. The van der Waals surface area contributed by atoms with Gasteiger partial charge in [-0.05, 0) is 44.2 Å². The minimum absolute atomic E-state index is 0.0880. The number of nitrogens with zero attached hydrogens (tertiary/aromatic N) is 3. The maximum absolute atomic E-state index is 13.9. The van der Waals surface area contributed by atoms with E-state index in [0.717, 1.165) is 6.07 Å². The predicted octanol–water partition coefficient (Wildman–Crippen LogP) is 3.59. The van der Waals surface area contributed by atoms with Gasteiger partial charge in [0, 0.05) is 18.2 Å². The number of halogens is 4. The summed E-state index contributed by atoms with van der Waals surface area (Å²) in [5.41, 5.74) is -2.20. The second-order valence-electron chi connectivity index (χ2n) is 8.23. The van der Waals surface area contributed by atoms with E-state index >= 15 is 0 Å². The number of rotatable bonds is 5.